The number of aromatic nitrogens is 1. The van der Waals surface area contributed by atoms with Crippen LogP contribution in [0.25, 0.3) is 10.9 Å². The number of rotatable bonds is 5. The largest absolute Gasteiger partial charge is 0.497 e. The van der Waals surface area contributed by atoms with E-state index in [1.807, 2.05) is 30.3 Å². The molecule has 0 spiro atoms. The van der Waals surface area contributed by atoms with Crippen molar-refractivity contribution in [1.29, 1.82) is 0 Å². The third-order valence-corrected chi connectivity index (χ3v) is 4.68. The van der Waals surface area contributed by atoms with Crippen molar-refractivity contribution in [1.82, 2.24) is 10.3 Å². The standard InChI is InChI=1S/C19H22N2O2.2ClH/c1-3-13-12-20-8-6-14(13)10-19(22)16-7-9-21-18-5-4-15(23-2)11-17(16)18;;/h3-5,7,9,11,13-14,20H,1,6,8,10,12H2,2H3;2*1H/t13-,14-;;/m0../s1. The second-order valence-corrected chi connectivity index (χ2v) is 6.02. The van der Waals surface area contributed by atoms with Crippen molar-refractivity contribution in [3.63, 3.8) is 0 Å². The van der Waals surface area contributed by atoms with Gasteiger partial charge in [-0.1, -0.05) is 6.08 Å². The molecule has 1 saturated heterocycles. The molecular weight excluding hydrogens is 359 g/mol. The maximum Gasteiger partial charge on any atom is 0.163 e. The predicted octanol–water partition coefficient (Wildman–Crippen LogP) is 4.07. The number of hydrogen-bond donors (Lipinski definition) is 1. The Morgan fingerprint density at radius 1 is 1.40 bits per heavy atom. The second kappa shape index (κ2) is 9.76. The van der Waals surface area contributed by atoms with Crippen LogP contribution < -0.4 is 10.1 Å². The molecule has 3 rings (SSSR count). The third kappa shape index (κ3) is 4.72. The molecule has 6 heteroatoms. The van der Waals surface area contributed by atoms with E-state index in [0.717, 1.165) is 41.7 Å². The summed E-state index contributed by atoms with van der Waals surface area (Å²) in [6, 6.07) is 7.46. The van der Waals surface area contributed by atoms with Crippen LogP contribution in [0.5, 0.6) is 5.75 Å². The van der Waals surface area contributed by atoms with E-state index in [1.54, 1.807) is 13.3 Å². The van der Waals surface area contributed by atoms with Gasteiger partial charge in [0.1, 0.15) is 5.75 Å². The summed E-state index contributed by atoms with van der Waals surface area (Å²) >= 11 is 0. The van der Waals surface area contributed by atoms with Crippen molar-refractivity contribution in [3.8, 4) is 5.75 Å². The lowest BCUT2D eigenvalue weighted by Crippen LogP contribution is -2.36. The van der Waals surface area contributed by atoms with Crippen LogP contribution >= 0.6 is 24.8 Å². The number of piperidine rings is 1. The van der Waals surface area contributed by atoms with Crippen LogP contribution in [0.2, 0.25) is 0 Å². The zero-order chi connectivity index (χ0) is 16.2. The molecule has 0 aliphatic carbocycles. The highest BCUT2D eigenvalue weighted by atomic mass is 35.5. The molecule has 1 aliphatic heterocycles. The number of carbonyl (C=O) groups is 1. The fraction of sp³-hybridized carbons (Fsp3) is 0.368. The lowest BCUT2D eigenvalue weighted by molar-refractivity contribution is 0.0941. The van der Waals surface area contributed by atoms with Gasteiger partial charge in [0.15, 0.2) is 5.78 Å². The number of pyridine rings is 1. The molecule has 0 bridgehead atoms. The first kappa shape index (κ1) is 21.4. The van der Waals surface area contributed by atoms with Gasteiger partial charge in [-0.25, -0.2) is 0 Å². The molecular formula is C19H24Cl2N2O2. The molecule has 2 atom stereocenters. The average molecular weight is 383 g/mol. The lowest BCUT2D eigenvalue weighted by Gasteiger charge is -2.29. The fourth-order valence-corrected chi connectivity index (χ4v) is 3.31. The molecule has 0 saturated carbocycles. The van der Waals surface area contributed by atoms with Gasteiger partial charge in [-0.2, -0.15) is 0 Å². The molecule has 2 aromatic rings. The molecule has 1 fully saturated rings. The van der Waals surface area contributed by atoms with E-state index in [1.165, 1.54) is 0 Å². The Kier molecular flexibility index (Phi) is 8.36. The Bertz CT molecular complexity index is 736. The van der Waals surface area contributed by atoms with Crippen LogP contribution in [-0.4, -0.2) is 31.0 Å². The van der Waals surface area contributed by atoms with Crippen LogP contribution in [0.4, 0.5) is 0 Å². The molecule has 0 radical (unpaired) electrons. The van der Waals surface area contributed by atoms with Gasteiger partial charge >= 0.3 is 0 Å². The molecule has 136 valence electrons. The zero-order valence-corrected chi connectivity index (χ0v) is 15.9. The third-order valence-electron chi connectivity index (χ3n) is 4.68. The van der Waals surface area contributed by atoms with Crippen molar-refractivity contribution in [2.45, 2.75) is 12.8 Å². The zero-order valence-electron chi connectivity index (χ0n) is 14.2. The summed E-state index contributed by atoms with van der Waals surface area (Å²) in [6.45, 7) is 5.78. The summed E-state index contributed by atoms with van der Waals surface area (Å²) in [5.41, 5.74) is 1.55. The maximum atomic E-state index is 12.9. The minimum Gasteiger partial charge on any atom is -0.497 e. The van der Waals surface area contributed by atoms with Gasteiger partial charge in [-0.15, -0.1) is 31.4 Å². The number of nitrogens with zero attached hydrogens (tertiary/aromatic N) is 1. The number of carbonyl (C=O) groups excluding carboxylic acids is 1. The van der Waals surface area contributed by atoms with Gasteiger partial charge in [-0.3, -0.25) is 9.78 Å². The second-order valence-electron chi connectivity index (χ2n) is 6.02. The normalized spacial score (nSPS) is 19.4. The topological polar surface area (TPSA) is 51.2 Å². The number of halogens is 2. The SMILES string of the molecule is C=C[C@H]1CNCC[C@H]1CC(=O)c1ccnc2ccc(OC)cc12.Cl.Cl. The monoisotopic (exact) mass is 382 g/mol. The van der Waals surface area contributed by atoms with Gasteiger partial charge in [0.05, 0.1) is 12.6 Å². The Morgan fingerprint density at radius 3 is 2.92 bits per heavy atom. The maximum absolute atomic E-state index is 12.9. The highest BCUT2D eigenvalue weighted by Gasteiger charge is 2.25. The summed E-state index contributed by atoms with van der Waals surface area (Å²) in [4.78, 5) is 17.2. The Labute approximate surface area is 160 Å². The van der Waals surface area contributed by atoms with Gasteiger partial charge in [0.25, 0.3) is 0 Å². The van der Waals surface area contributed by atoms with Crippen LogP contribution in [-0.2, 0) is 0 Å². The number of ether oxygens (including phenoxy) is 1. The van der Waals surface area contributed by atoms with Gasteiger partial charge in [0.2, 0.25) is 0 Å². The Morgan fingerprint density at radius 2 is 2.20 bits per heavy atom. The van der Waals surface area contributed by atoms with Crippen molar-refractivity contribution in [2.24, 2.45) is 11.8 Å². The summed E-state index contributed by atoms with van der Waals surface area (Å²) < 4.78 is 5.28. The quantitative estimate of drug-likeness (QED) is 0.625. The molecule has 1 aliphatic rings. The van der Waals surface area contributed by atoms with E-state index in [0.29, 0.717) is 18.3 Å². The Balaban J connectivity index is 0.00000156. The van der Waals surface area contributed by atoms with Crippen LogP contribution in [0.1, 0.15) is 23.2 Å². The minimum atomic E-state index is 0. The summed E-state index contributed by atoms with van der Waals surface area (Å²) in [7, 11) is 1.63. The predicted molar refractivity (Wildman–Crippen MR) is 106 cm³/mol. The fourth-order valence-electron chi connectivity index (χ4n) is 3.31. The number of methoxy groups -OCH3 is 1. The summed E-state index contributed by atoms with van der Waals surface area (Å²) in [6.07, 6.45) is 5.23. The molecule has 1 aromatic carbocycles. The van der Waals surface area contributed by atoms with Crippen LogP contribution in [0, 0.1) is 11.8 Å². The first-order chi connectivity index (χ1) is 11.2. The van der Waals surface area contributed by atoms with Crippen molar-refractivity contribution >= 4 is 41.5 Å². The molecule has 0 amide bonds. The van der Waals surface area contributed by atoms with Gasteiger partial charge < -0.3 is 10.1 Å². The van der Waals surface area contributed by atoms with Crippen LogP contribution in [0.3, 0.4) is 0 Å². The van der Waals surface area contributed by atoms with E-state index in [-0.39, 0.29) is 30.6 Å². The van der Waals surface area contributed by atoms with Crippen molar-refractivity contribution in [3.05, 3.63) is 48.7 Å². The number of hydrogen-bond acceptors (Lipinski definition) is 4. The average Bonchev–Trinajstić information content (AvgIpc) is 2.61. The number of nitrogens with one attached hydrogen (secondary N) is 1. The Hall–Kier alpha value is -1.62. The van der Waals surface area contributed by atoms with Crippen LogP contribution in [0.15, 0.2) is 43.1 Å². The van der Waals surface area contributed by atoms with E-state index >= 15 is 0 Å². The molecule has 25 heavy (non-hydrogen) atoms. The van der Waals surface area contributed by atoms with E-state index in [4.69, 9.17) is 4.74 Å². The van der Waals surface area contributed by atoms with Crippen molar-refractivity contribution in [2.75, 3.05) is 20.2 Å². The van der Waals surface area contributed by atoms with E-state index < -0.39 is 0 Å². The number of ketones is 1. The van der Waals surface area contributed by atoms with Gasteiger partial charge in [0, 0.05) is 30.1 Å². The molecule has 1 aromatic heterocycles. The summed E-state index contributed by atoms with van der Waals surface area (Å²) in [5.74, 6) is 1.63. The van der Waals surface area contributed by atoms with Crippen molar-refractivity contribution < 1.29 is 9.53 Å². The highest BCUT2D eigenvalue weighted by Crippen LogP contribution is 2.28. The first-order valence-electron chi connectivity index (χ1n) is 8.02. The molecule has 1 N–H and O–H groups in total. The molecule has 0 unspecified atom stereocenters. The van der Waals surface area contributed by atoms with E-state index in [9.17, 15) is 4.79 Å². The number of benzene rings is 1. The number of Topliss-reactive ketones (excluding diaryl/α,β-unsaturated/α-hetero) is 1. The molecule has 4 nitrogen and oxygen atoms in total. The van der Waals surface area contributed by atoms with E-state index in [2.05, 4.69) is 16.9 Å². The smallest absolute Gasteiger partial charge is 0.163 e. The molecule has 2 heterocycles. The first-order valence-corrected chi connectivity index (χ1v) is 8.02. The van der Waals surface area contributed by atoms with Gasteiger partial charge in [-0.05, 0) is 49.1 Å². The lowest BCUT2D eigenvalue weighted by atomic mass is 9.82. The highest BCUT2D eigenvalue weighted by molar-refractivity contribution is 6.07. The minimum absolute atomic E-state index is 0. The summed E-state index contributed by atoms with van der Waals surface area (Å²) in [5, 5.41) is 4.23. The number of fused-ring (bicyclic) bond motifs is 1.